The molecule has 0 radical (unpaired) electrons. The number of hydrogen-bond acceptors (Lipinski definition) is 5. The number of nitrogens with zero attached hydrogens (tertiary/aromatic N) is 3. The Morgan fingerprint density at radius 1 is 1.08 bits per heavy atom. The van der Waals surface area contributed by atoms with Crippen molar-refractivity contribution in [2.75, 3.05) is 13.2 Å². The number of aryl methyl sites for hydroxylation is 2. The van der Waals surface area contributed by atoms with Crippen LogP contribution in [0.2, 0.25) is 0 Å². The van der Waals surface area contributed by atoms with E-state index in [1.165, 1.54) is 0 Å². The average Bonchev–Trinajstić information content (AvgIpc) is 3.42. The van der Waals surface area contributed by atoms with Gasteiger partial charge in [-0.2, -0.15) is 0 Å². The van der Waals surface area contributed by atoms with E-state index in [9.17, 15) is 5.11 Å². The number of aliphatic hydroxyl groups is 1. The first-order chi connectivity index (χ1) is 18.3. The van der Waals surface area contributed by atoms with Crippen LogP contribution in [0.4, 0.5) is 4.39 Å². The van der Waals surface area contributed by atoms with Crippen molar-refractivity contribution in [3.63, 3.8) is 0 Å². The second-order valence-corrected chi connectivity index (χ2v) is 10.8. The summed E-state index contributed by atoms with van der Waals surface area (Å²) in [7, 11) is 0. The zero-order valence-electron chi connectivity index (χ0n) is 22.2. The molecule has 1 aliphatic rings. The summed E-state index contributed by atoms with van der Waals surface area (Å²) in [6.07, 6.45) is 3.42. The SMILES string of the molecule is Cc1noc(C)c1-c1ccc2c3ncc(C(C)(C)O)cc3n([C@H](c3ccccc3)C3CCOCC3)c2c1F. The average molecular weight is 514 g/mol. The molecule has 196 valence electrons. The van der Waals surface area contributed by atoms with Crippen LogP contribution in [0.3, 0.4) is 0 Å². The lowest BCUT2D eigenvalue weighted by Crippen LogP contribution is -2.27. The number of ether oxygens (including phenoxy) is 1. The van der Waals surface area contributed by atoms with Crippen molar-refractivity contribution < 1.29 is 18.8 Å². The van der Waals surface area contributed by atoms with Crippen LogP contribution < -0.4 is 0 Å². The normalized spacial score (nSPS) is 15.9. The minimum absolute atomic E-state index is 0.145. The van der Waals surface area contributed by atoms with Crippen LogP contribution >= 0.6 is 0 Å². The third-order valence-electron chi connectivity index (χ3n) is 7.88. The summed E-state index contributed by atoms with van der Waals surface area (Å²) in [4.78, 5) is 4.78. The fourth-order valence-electron chi connectivity index (χ4n) is 5.95. The molecule has 0 spiro atoms. The van der Waals surface area contributed by atoms with Gasteiger partial charge in [-0.25, -0.2) is 4.39 Å². The first kappa shape index (κ1) is 24.8. The van der Waals surface area contributed by atoms with Gasteiger partial charge >= 0.3 is 0 Å². The quantitative estimate of drug-likeness (QED) is 0.278. The Morgan fingerprint density at radius 3 is 2.47 bits per heavy atom. The predicted octanol–water partition coefficient (Wildman–Crippen LogP) is 6.84. The summed E-state index contributed by atoms with van der Waals surface area (Å²) in [6.45, 7) is 8.46. The van der Waals surface area contributed by atoms with E-state index in [1.54, 1.807) is 33.0 Å². The monoisotopic (exact) mass is 513 g/mol. The number of hydrogen-bond donors (Lipinski definition) is 1. The van der Waals surface area contributed by atoms with Gasteiger partial charge in [0, 0.05) is 35.9 Å². The summed E-state index contributed by atoms with van der Waals surface area (Å²) in [6, 6.07) is 15.8. The van der Waals surface area contributed by atoms with Crippen LogP contribution in [0.5, 0.6) is 0 Å². The molecule has 1 aliphatic heterocycles. The molecule has 3 aromatic heterocycles. The first-order valence-corrected chi connectivity index (χ1v) is 13.2. The van der Waals surface area contributed by atoms with Crippen LogP contribution in [0, 0.1) is 25.6 Å². The third kappa shape index (κ3) is 4.01. The molecule has 7 heteroatoms. The molecule has 1 fully saturated rings. The minimum Gasteiger partial charge on any atom is -0.386 e. The Balaban J connectivity index is 1.74. The van der Waals surface area contributed by atoms with Crippen molar-refractivity contribution in [3.05, 3.63) is 83.1 Å². The van der Waals surface area contributed by atoms with Gasteiger partial charge in [-0.1, -0.05) is 41.6 Å². The lowest BCUT2D eigenvalue weighted by atomic mass is 9.86. The van der Waals surface area contributed by atoms with E-state index >= 15 is 4.39 Å². The fraction of sp³-hybridized carbons (Fsp3) is 0.355. The molecule has 0 unspecified atom stereocenters. The van der Waals surface area contributed by atoms with Crippen LogP contribution in [-0.4, -0.2) is 33.0 Å². The zero-order chi connectivity index (χ0) is 26.6. The van der Waals surface area contributed by atoms with Gasteiger partial charge in [-0.05, 0) is 64.2 Å². The van der Waals surface area contributed by atoms with E-state index in [4.69, 9.17) is 14.2 Å². The van der Waals surface area contributed by atoms with Gasteiger partial charge in [0.25, 0.3) is 0 Å². The van der Waals surface area contributed by atoms with Crippen LogP contribution in [-0.2, 0) is 10.3 Å². The predicted molar refractivity (Wildman–Crippen MR) is 146 cm³/mol. The summed E-state index contributed by atoms with van der Waals surface area (Å²) in [5.41, 5.74) is 4.48. The van der Waals surface area contributed by atoms with Crippen molar-refractivity contribution in [3.8, 4) is 11.1 Å². The highest BCUT2D eigenvalue weighted by Crippen LogP contribution is 2.43. The number of pyridine rings is 1. The smallest absolute Gasteiger partial charge is 0.155 e. The third-order valence-corrected chi connectivity index (χ3v) is 7.88. The molecule has 1 saturated heterocycles. The first-order valence-electron chi connectivity index (χ1n) is 13.2. The molecule has 0 bridgehead atoms. The van der Waals surface area contributed by atoms with Gasteiger partial charge < -0.3 is 18.9 Å². The maximum Gasteiger partial charge on any atom is 0.155 e. The maximum absolute atomic E-state index is 16.9. The number of aromatic nitrogens is 3. The molecule has 1 atom stereocenters. The van der Waals surface area contributed by atoms with Crippen molar-refractivity contribution in [2.24, 2.45) is 5.92 Å². The summed E-state index contributed by atoms with van der Waals surface area (Å²) < 4.78 is 30.1. The van der Waals surface area contributed by atoms with E-state index in [0.29, 0.717) is 52.4 Å². The van der Waals surface area contributed by atoms with Gasteiger partial charge in [-0.3, -0.25) is 4.98 Å². The molecular weight excluding hydrogens is 481 g/mol. The van der Waals surface area contributed by atoms with Gasteiger partial charge in [0.2, 0.25) is 0 Å². The summed E-state index contributed by atoms with van der Waals surface area (Å²) in [5, 5.41) is 15.7. The Kier molecular flexibility index (Phi) is 6.08. The molecule has 6 rings (SSSR count). The van der Waals surface area contributed by atoms with Crippen molar-refractivity contribution in [2.45, 2.75) is 52.2 Å². The van der Waals surface area contributed by atoms with Gasteiger partial charge in [-0.15, -0.1) is 0 Å². The van der Waals surface area contributed by atoms with Gasteiger partial charge in [0.15, 0.2) is 5.82 Å². The number of rotatable bonds is 5. The zero-order valence-corrected chi connectivity index (χ0v) is 22.2. The molecule has 0 amide bonds. The van der Waals surface area contributed by atoms with E-state index in [2.05, 4.69) is 21.9 Å². The Bertz CT molecular complexity index is 1610. The Labute approximate surface area is 221 Å². The summed E-state index contributed by atoms with van der Waals surface area (Å²) in [5.74, 6) is 0.487. The van der Waals surface area contributed by atoms with Gasteiger partial charge in [0.1, 0.15) is 5.76 Å². The molecule has 1 N–H and O–H groups in total. The maximum atomic E-state index is 16.9. The van der Waals surface area contributed by atoms with Crippen molar-refractivity contribution in [1.82, 2.24) is 14.7 Å². The summed E-state index contributed by atoms with van der Waals surface area (Å²) >= 11 is 0. The topological polar surface area (TPSA) is 73.3 Å². The lowest BCUT2D eigenvalue weighted by molar-refractivity contribution is 0.0552. The number of halogens is 1. The van der Waals surface area contributed by atoms with E-state index in [0.717, 1.165) is 29.3 Å². The minimum atomic E-state index is -1.09. The Hall–Kier alpha value is -3.55. The molecule has 5 aromatic rings. The fourth-order valence-corrected chi connectivity index (χ4v) is 5.95. The molecule has 0 aliphatic carbocycles. The highest BCUT2D eigenvalue weighted by atomic mass is 19.1. The van der Waals surface area contributed by atoms with E-state index < -0.39 is 5.60 Å². The highest BCUT2D eigenvalue weighted by Gasteiger charge is 2.32. The lowest BCUT2D eigenvalue weighted by Gasteiger charge is -2.33. The van der Waals surface area contributed by atoms with Crippen LogP contribution in [0.15, 0.2) is 59.3 Å². The van der Waals surface area contributed by atoms with Gasteiger partial charge in [0.05, 0.1) is 39.5 Å². The molecule has 2 aromatic carbocycles. The second kappa shape index (κ2) is 9.33. The Morgan fingerprint density at radius 2 is 1.82 bits per heavy atom. The molecule has 6 nitrogen and oxygen atoms in total. The van der Waals surface area contributed by atoms with Crippen molar-refractivity contribution >= 4 is 21.9 Å². The van der Waals surface area contributed by atoms with Crippen molar-refractivity contribution in [1.29, 1.82) is 0 Å². The molecule has 38 heavy (non-hydrogen) atoms. The van der Waals surface area contributed by atoms with E-state index in [-0.39, 0.29) is 17.8 Å². The molecule has 4 heterocycles. The number of benzene rings is 2. The highest BCUT2D eigenvalue weighted by molar-refractivity contribution is 6.07. The standard InChI is InChI=1S/C31H32FN3O3/c1-18-26(19(2)38-34-18)23-10-11-24-28-25(16-22(17-33-28)31(3,4)36)35(30(24)27(23)32)29(20-8-6-5-7-9-20)21-12-14-37-15-13-21/h5-11,16-17,21,29,36H,12-15H2,1-4H3/t29-/m1/s1. The van der Waals surface area contributed by atoms with Crippen LogP contribution in [0.1, 0.15) is 55.3 Å². The van der Waals surface area contributed by atoms with Crippen LogP contribution in [0.25, 0.3) is 33.1 Å². The number of fused-ring (bicyclic) bond motifs is 3. The molecule has 0 saturated carbocycles. The second-order valence-electron chi connectivity index (χ2n) is 10.8. The largest absolute Gasteiger partial charge is 0.386 e. The molecular formula is C31H32FN3O3. The van der Waals surface area contributed by atoms with E-state index in [1.807, 2.05) is 37.3 Å².